The van der Waals surface area contributed by atoms with E-state index in [9.17, 15) is 4.79 Å². The number of aryl methyl sites for hydroxylation is 1. The summed E-state index contributed by atoms with van der Waals surface area (Å²) in [5.41, 5.74) is 2.45. The molecule has 3 nitrogen and oxygen atoms in total. The fourth-order valence-electron chi connectivity index (χ4n) is 1.65. The predicted octanol–water partition coefficient (Wildman–Crippen LogP) is 3.77. The average molecular weight is 271 g/mol. The number of halogens is 1. The zero-order valence-corrected chi connectivity index (χ0v) is 11.0. The van der Waals surface area contributed by atoms with Crippen LogP contribution in [0.2, 0.25) is 5.02 Å². The number of rotatable bonds is 2. The van der Waals surface area contributed by atoms with Crippen molar-refractivity contribution >= 4 is 23.2 Å². The Morgan fingerprint density at radius 3 is 2.74 bits per heavy atom. The Morgan fingerprint density at radius 1 is 1.26 bits per heavy atom. The Bertz CT molecular complexity index is 674. The zero-order chi connectivity index (χ0) is 13.8. The summed E-state index contributed by atoms with van der Waals surface area (Å²) in [4.78, 5) is 12.0. The highest BCUT2D eigenvalue weighted by molar-refractivity contribution is 6.34. The average Bonchev–Trinajstić information content (AvgIpc) is 2.42. The van der Waals surface area contributed by atoms with Gasteiger partial charge >= 0.3 is 0 Å². The van der Waals surface area contributed by atoms with Crippen molar-refractivity contribution in [2.75, 3.05) is 5.32 Å². The molecule has 0 aliphatic heterocycles. The molecule has 19 heavy (non-hydrogen) atoms. The monoisotopic (exact) mass is 270 g/mol. The summed E-state index contributed by atoms with van der Waals surface area (Å²) < 4.78 is 0. The first-order chi connectivity index (χ1) is 9.10. The van der Waals surface area contributed by atoms with Gasteiger partial charge in [0.1, 0.15) is 0 Å². The van der Waals surface area contributed by atoms with Crippen LogP contribution in [0.1, 0.15) is 21.5 Å². The lowest BCUT2D eigenvalue weighted by molar-refractivity contribution is 0.102. The van der Waals surface area contributed by atoms with Crippen molar-refractivity contribution in [2.24, 2.45) is 0 Å². The van der Waals surface area contributed by atoms with Crippen LogP contribution in [0.5, 0.6) is 0 Å². The van der Waals surface area contributed by atoms with Crippen LogP contribution in [0, 0.1) is 18.3 Å². The van der Waals surface area contributed by atoms with E-state index in [1.54, 1.807) is 30.3 Å². The number of anilines is 1. The van der Waals surface area contributed by atoms with Gasteiger partial charge in [0.05, 0.1) is 22.3 Å². The summed E-state index contributed by atoms with van der Waals surface area (Å²) in [6.45, 7) is 1.92. The number of carbonyl (C=O) groups excluding carboxylic acids is 1. The molecule has 0 heterocycles. The molecule has 1 amide bonds. The van der Waals surface area contributed by atoms with Crippen LogP contribution in [-0.2, 0) is 0 Å². The second-order valence-electron chi connectivity index (χ2n) is 4.13. The summed E-state index contributed by atoms with van der Waals surface area (Å²) in [5, 5.41) is 12.0. The Labute approximate surface area is 116 Å². The van der Waals surface area contributed by atoms with Gasteiger partial charge in [-0.05, 0) is 42.8 Å². The Kier molecular flexibility index (Phi) is 3.84. The van der Waals surface area contributed by atoms with Crippen LogP contribution in [0.15, 0.2) is 42.5 Å². The van der Waals surface area contributed by atoms with E-state index in [1.807, 2.05) is 19.1 Å². The van der Waals surface area contributed by atoms with Gasteiger partial charge in [-0.25, -0.2) is 0 Å². The van der Waals surface area contributed by atoms with Crippen LogP contribution in [-0.4, -0.2) is 5.91 Å². The van der Waals surface area contributed by atoms with Gasteiger partial charge in [0.2, 0.25) is 0 Å². The number of hydrogen-bond acceptors (Lipinski definition) is 2. The van der Waals surface area contributed by atoms with Gasteiger partial charge in [0.25, 0.3) is 5.91 Å². The van der Waals surface area contributed by atoms with Gasteiger partial charge in [-0.2, -0.15) is 5.26 Å². The fraction of sp³-hybridized carbons (Fsp3) is 0.0667. The number of amides is 1. The SMILES string of the molecule is Cc1ccc(NC(=O)c2cccc(C#N)c2)c(Cl)c1. The summed E-state index contributed by atoms with van der Waals surface area (Å²) in [6.07, 6.45) is 0. The first-order valence-corrected chi connectivity index (χ1v) is 6.05. The third-order valence-corrected chi connectivity index (χ3v) is 2.94. The smallest absolute Gasteiger partial charge is 0.255 e. The molecule has 0 unspecified atom stereocenters. The van der Waals surface area contributed by atoms with E-state index in [-0.39, 0.29) is 5.91 Å². The van der Waals surface area contributed by atoms with Crippen molar-refractivity contribution in [3.8, 4) is 6.07 Å². The highest BCUT2D eigenvalue weighted by Crippen LogP contribution is 2.23. The Morgan fingerprint density at radius 2 is 2.05 bits per heavy atom. The van der Waals surface area contributed by atoms with E-state index in [1.165, 1.54) is 6.07 Å². The minimum Gasteiger partial charge on any atom is -0.321 e. The molecule has 0 aromatic heterocycles. The lowest BCUT2D eigenvalue weighted by Crippen LogP contribution is -2.12. The molecule has 0 saturated carbocycles. The highest BCUT2D eigenvalue weighted by Gasteiger charge is 2.09. The van der Waals surface area contributed by atoms with E-state index in [0.29, 0.717) is 21.8 Å². The predicted molar refractivity (Wildman–Crippen MR) is 75.3 cm³/mol. The first-order valence-electron chi connectivity index (χ1n) is 5.68. The molecule has 2 aromatic carbocycles. The number of benzene rings is 2. The largest absolute Gasteiger partial charge is 0.321 e. The van der Waals surface area contributed by atoms with Gasteiger partial charge < -0.3 is 5.32 Å². The summed E-state index contributed by atoms with van der Waals surface area (Å²) in [6, 6.07) is 13.9. The second-order valence-corrected chi connectivity index (χ2v) is 4.54. The Balaban J connectivity index is 2.23. The molecule has 0 bridgehead atoms. The summed E-state index contributed by atoms with van der Waals surface area (Å²) >= 11 is 6.05. The van der Waals surface area contributed by atoms with Crippen LogP contribution >= 0.6 is 11.6 Å². The molecule has 0 spiro atoms. The normalized spacial score (nSPS) is 9.74. The number of carbonyl (C=O) groups is 1. The van der Waals surface area contributed by atoms with Gasteiger partial charge in [0.15, 0.2) is 0 Å². The van der Waals surface area contributed by atoms with Crippen LogP contribution < -0.4 is 5.32 Å². The molecule has 0 aliphatic rings. The maximum atomic E-state index is 12.0. The number of nitriles is 1. The molecule has 0 aliphatic carbocycles. The summed E-state index contributed by atoms with van der Waals surface area (Å²) in [7, 11) is 0. The van der Waals surface area contributed by atoms with Crippen molar-refractivity contribution in [1.82, 2.24) is 0 Å². The van der Waals surface area contributed by atoms with Crippen molar-refractivity contribution in [1.29, 1.82) is 5.26 Å². The van der Waals surface area contributed by atoms with Gasteiger partial charge in [-0.1, -0.05) is 23.7 Å². The zero-order valence-electron chi connectivity index (χ0n) is 10.3. The minimum absolute atomic E-state index is 0.289. The molecule has 0 radical (unpaired) electrons. The highest BCUT2D eigenvalue weighted by atomic mass is 35.5. The molecule has 2 rings (SSSR count). The van der Waals surface area contributed by atoms with E-state index in [2.05, 4.69) is 5.32 Å². The molecule has 1 N–H and O–H groups in total. The molecule has 4 heteroatoms. The Hall–Kier alpha value is -2.31. The number of nitrogens with zero attached hydrogens (tertiary/aromatic N) is 1. The van der Waals surface area contributed by atoms with Gasteiger partial charge in [-0.3, -0.25) is 4.79 Å². The van der Waals surface area contributed by atoms with E-state index >= 15 is 0 Å². The molecular weight excluding hydrogens is 260 g/mol. The molecule has 0 atom stereocenters. The molecule has 94 valence electrons. The van der Waals surface area contributed by atoms with E-state index in [0.717, 1.165) is 5.56 Å². The molecule has 2 aromatic rings. The van der Waals surface area contributed by atoms with E-state index < -0.39 is 0 Å². The fourth-order valence-corrected chi connectivity index (χ4v) is 1.93. The van der Waals surface area contributed by atoms with Crippen LogP contribution in [0.3, 0.4) is 0 Å². The molecule has 0 saturated heterocycles. The molecular formula is C15H11ClN2O. The second kappa shape index (κ2) is 5.55. The lowest BCUT2D eigenvalue weighted by atomic mass is 10.1. The maximum Gasteiger partial charge on any atom is 0.255 e. The quantitative estimate of drug-likeness (QED) is 0.903. The molecule has 0 fully saturated rings. The number of hydrogen-bond donors (Lipinski definition) is 1. The third-order valence-electron chi connectivity index (χ3n) is 2.63. The van der Waals surface area contributed by atoms with Crippen LogP contribution in [0.4, 0.5) is 5.69 Å². The van der Waals surface area contributed by atoms with Crippen molar-refractivity contribution in [3.63, 3.8) is 0 Å². The maximum absolute atomic E-state index is 12.0. The first kappa shape index (κ1) is 13.1. The van der Waals surface area contributed by atoms with Crippen molar-refractivity contribution in [3.05, 3.63) is 64.2 Å². The van der Waals surface area contributed by atoms with E-state index in [4.69, 9.17) is 16.9 Å². The van der Waals surface area contributed by atoms with Crippen LogP contribution in [0.25, 0.3) is 0 Å². The number of nitrogens with one attached hydrogen (secondary N) is 1. The minimum atomic E-state index is -0.289. The van der Waals surface area contributed by atoms with Gasteiger partial charge in [-0.15, -0.1) is 0 Å². The van der Waals surface area contributed by atoms with Crippen molar-refractivity contribution in [2.45, 2.75) is 6.92 Å². The summed E-state index contributed by atoms with van der Waals surface area (Å²) in [5.74, 6) is -0.289. The topological polar surface area (TPSA) is 52.9 Å². The van der Waals surface area contributed by atoms with Gasteiger partial charge in [0, 0.05) is 5.56 Å². The third kappa shape index (κ3) is 3.12. The van der Waals surface area contributed by atoms with Crippen molar-refractivity contribution < 1.29 is 4.79 Å². The standard InChI is InChI=1S/C15H11ClN2O/c1-10-5-6-14(13(16)7-10)18-15(19)12-4-2-3-11(8-12)9-17/h2-8H,1H3,(H,18,19). The lowest BCUT2D eigenvalue weighted by Gasteiger charge is -2.08.